The maximum absolute atomic E-state index is 13.8. The fourth-order valence-electron chi connectivity index (χ4n) is 3.90. The van der Waals surface area contributed by atoms with Crippen molar-refractivity contribution in [3.8, 4) is 0 Å². The van der Waals surface area contributed by atoms with E-state index in [2.05, 4.69) is 5.32 Å². The van der Waals surface area contributed by atoms with Gasteiger partial charge in [-0.1, -0.05) is 61.9 Å². The van der Waals surface area contributed by atoms with Crippen LogP contribution in [0.15, 0.2) is 59.6 Å². The summed E-state index contributed by atoms with van der Waals surface area (Å²) in [7, 11) is 0. The first kappa shape index (κ1) is 22.7. The predicted molar refractivity (Wildman–Crippen MR) is 127 cm³/mol. The molecular weight excluding hydrogens is 386 g/mol. The number of amides is 2. The molecule has 1 N–H and O–H groups in total. The third-order valence-electron chi connectivity index (χ3n) is 5.27. The number of rotatable bonds is 5. The van der Waals surface area contributed by atoms with Crippen LogP contribution in [0.25, 0.3) is 0 Å². The lowest BCUT2D eigenvalue weighted by Gasteiger charge is -2.36. The average molecular weight is 420 g/mol. The molecule has 1 aliphatic heterocycles. The van der Waals surface area contributed by atoms with Gasteiger partial charge in [0, 0.05) is 16.7 Å². The highest BCUT2D eigenvalue weighted by Crippen LogP contribution is 2.34. The number of para-hydroxylation sites is 1. The number of carbonyl (C=O) groups is 2. The van der Waals surface area contributed by atoms with Gasteiger partial charge in [-0.3, -0.25) is 19.5 Å². The zero-order valence-electron chi connectivity index (χ0n) is 19.4. The lowest BCUT2D eigenvalue weighted by atomic mass is 9.98. The van der Waals surface area contributed by atoms with E-state index >= 15 is 0 Å². The molecule has 2 amide bonds. The summed E-state index contributed by atoms with van der Waals surface area (Å²) in [5.74, 6) is -0.315. The Balaban J connectivity index is 2.20. The Morgan fingerprint density at radius 2 is 1.68 bits per heavy atom. The Morgan fingerprint density at radius 3 is 2.29 bits per heavy atom. The summed E-state index contributed by atoms with van der Waals surface area (Å²) in [6.45, 7) is 11.5. The SMILES string of the molecule is CCCC(C(=O)NC(C)(C)C)N1C(=O)C(C)(C)N=C(c2ccccc2)c2ccccc21. The number of carbonyl (C=O) groups excluding carboxylic acids is 2. The Bertz CT molecular complexity index is 987. The molecule has 0 saturated carbocycles. The summed E-state index contributed by atoms with van der Waals surface area (Å²) in [6.07, 6.45) is 1.35. The van der Waals surface area contributed by atoms with Crippen molar-refractivity contribution in [3.63, 3.8) is 0 Å². The van der Waals surface area contributed by atoms with E-state index in [1.807, 2.05) is 96.1 Å². The number of benzene rings is 2. The number of hydrogen-bond acceptors (Lipinski definition) is 3. The molecule has 31 heavy (non-hydrogen) atoms. The topological polar surface area (TPSA) is 61.8 Å². The Morgan fingerprint density at radius 1 is 1.06 bits per heavy atom. The minimum absolute atomic E-state index is 0.142. The van der Waals surface area contributed by atoms with Crippen LogP contribution in [0, 0.1) is 0 Å². The van der Waals surface area contributed by atoms with Gasteiger partial charge in [0.15, 0.2) is 0 Å². The molecule has 1 atom stereocenters. The standard InChI is InChI=1S/C26H33N3O2/c1-7-13-21(23(30)28-25(2,3)4)29-20-17-12-11-16-19(20)22(18-14-9-8-10-15-18)27-26(5,6)24(29)31/h8-12,14-17,21H,7,13H2,1-6H3,(H,28,30). The Kier molecular flexibility index (Phi) is 6.35. The van der Waals surface area contributed by atoms with Crippen LogP contribution < -0.4 is 10.2 Å². The number of nitrogens with one attached hydrogen (secondary N) is 1. The maximum atomic E-state index is 13.8. The van der Waals surface area contributed by atoms with Crippen LogP contribution in [0.5, 0.6) is 0 Å². The molecule has 0 spiro atoms. The molecule has 1 aliphatic rings. The van der Waals surface area contributed by atoms with Gasteiger partial charge in [0.2, 0.25) is 5.91 Å². The molecule has 5 heteroatoms. The molecule has 2 aromatic carbocycles. The van der Waals surface area contributed by atoms with Gasteiger partial charge in [-0.15, -0.1) is 0 Å². The lowest BCUT2D eigenvalue weighted by molar-refractivity contribution is -0.129. The number of nitrogens with zero attached hydrogens (tertiary/aromatic N) is 2. The zero-order chi connectivity index (χ0) is 22.8. The first-order chi connectivity index (χ1) is 14.5. The molecule has 0 fully saturated rings. The van der Waals surface area contributed by atoms with Crippen molar-refractivity contribution in [2.75, 3.05) is 4.90 Å². The third-order valence-corrected chi connectivity index (χ3v) is 5.27. The van der Waals surface area contributed by atoms with Crippen molar-refractivity contribution in [2.24, 2.45) is 4.99 Å². The van der Waals surface area contributed by atoms with Crippen LogP contribution in [-0.4, -0.2) is 34.6 Å². The Hall–Kier alpha value is -2.95. The van der Waals surface area contributed by atoms with Gasteiger partial charge in [0.1, 0.15) is 11.6 Å². The molecule has 0 radical (unpaired) electrons. The number of benzodiazepines with no additional fused rings is 1. The predicted octanol–water partition coefficient (Wildman–Crippen LogP) is 4.73. The number of anilines is 1. The Labute approximate surface area is 185 Å². The van der Waals surface area contributed by atoms with Crippen LogP contribution >= 0.6 is 0 Å². The van der Waals surface area contributed by atoms with Gasteiger partial charge < -0.3 is 5.32 Å². The highest BCUT2D eigenvalue weighted by molar-refractivity contribution is 6.21. The molecule has 1 heterocycles. The number of aliphatic imine (C=N–C) groups is 1. The van der Waals surface area contributed by atoms with Crippen molar-refractivity contribution in [2.45, 2.75) is 71.5 Å². The first-order valence-corrected chi connectivity index (χ1v) is 11.0. The summed E-state index contributed by atoms with van der Waals surface area (Å²) in [5.41, 5.74) is 1.89. The van der Waals surface area contributed by atoms with E-state index in [-0.39, 0.29) is 11.8 Å². The second kappa shape index (κ2) is 8.66. The number of hydrogen-bond donors (Lipinski definition) is 1. The van der Waals surface area contributed by atoms with Gasteiger partial charge in [-0.2, -0.15) is 0 Å². The minimum Gasteiger partial charge on any atom is -0.350 e. The monoisotopic (exact) mass is 419 g/mol. The van der Waals surface area contributed by atoms with Crippen molar-refractivity contribution < 1.29 is 9.59 Å². The smallest absolute Gasteiger partial charge is 0.255 e. The first-order valence-electron chi connectivity index (χ1n) is 11.0. The summed E-state index contributed by atoms with van der Waals surface area (Å²) in [6, 6.07) is 17.0. The van der Waals surface area contributed by atoms with Crippen LogP contribution in [0.3, 0.4) is 0 Å². The van der Waals surface area contributed by atoms with Gasteiger partial charge >= 0.3 is 0 Å². The van der Waals surface area contributed by atoms with Gasteiger partial charge in [0.25, 0.3) is 5.91 Å². The number of fused-ring (bicyclic) bond motifs is 1. The highest BCUT2D eigenvalue weighted by atomic mass is 16.2. The summed E-state index contributed by atoms with van der Waals surface area (Å²) in [5, 5.41) is 3.07. The molecular formula is C26H33N3O2. The summed E-state index contributed by atoms with van der Waals surface area (Å²) >= 11 is 0. The minimum atomic E-state index is -1.02. The van der Waals surface area contributed by atoms with Crippen LogP contribution in [0.1, 0.15) is 65.5 Å². The third kappa shape index (κ3) is 4.87. The summed E-state index contributed by atoms with van der Waals surface area (Å²) in [4.78, 5) is 33.8. The van der Waals surface area contributed by atoms with E-state index in [4.69, 9.17) is 4.99 Å². The molecule has 0 saturated heterocycles. The van der Waals surface area contributed by atoms with E-state index in [0.29, 0.717) is 6.42 Å². The molecule has 164 valence electrons. The van der Waals surface area contributed by atoms with Crippen LogP contribution in [-0.2, 0) is 9.59 Å². The molecule has 0 bridgehead atoms. The van der Waals surface area contributed by atoms with Crippen LogP contribution in [0.2, 0.25) is 0 Å². The van der Waals surface area contributed by atoms with E-state index in [0.717, 1.165) is 28.9 Å². The van der Waals surface area contributed by atoms with Crippen molar-refractivity contribution in [3.05, 3.63) is 65.7 Å². The molecule has 5 nitrogen and oxygen atoms in total. The van der Waals surface area contributed by atoms with Crippen LogP contribution in [0.4, 0.5) is 5.69 Å². The van der Waals surface area contributed by atoms with Crippen molar-refractivity contribution in [1.29, 1.82) is 0 Å². The molecule has 2 aromatic rings. The molecule has 1 unspecified atom stereocenters. The quantitative estimate of drug-likeness (QED) is 0.761. The highest BCUT2D eigenvalue weighted by Gasteiger charge is 2.42. The maximum Gasteiger partial charge on any atom is 0.255 e. The average Bonchev–Trinajstić information content (AvgIpc) is 2.79. The van der Waals surface area contributed by atoms with E-state index in [1.165, 1.54) is 0 Å². The van der Waals surface area contributed by atoms with Crippen molar-refractivity contribution >= 4 is 23.2 Å². The van der Waals surface area contributed by atoms with Gasteiger partial charge in [-0.25, -0.2) is 0 Å². The fraction of sp³-hybridized carbons (Fsp3) is 0.423. The second-order valence-electron chi connectivity index (χ2n) is 9.62. The lowest BCUT2D eigenvalue weighted by Crippen LogP contribution is -2.57. The molecule has 0 aromatic heterocycles. The normalized spacial score (nSPS) is 16.8. The second-order valence-corrected chi connectivity index (χ2v) is 9.62. The summed E-state index contributed by atoms with van der Waals surface area (Å²) < 4.78 is 0. The fourth-order valence-corrected chi connectivity index (χ4v) is 3.90. The van der Waals surface area contributed by atoms with E-state index in [1.54, 1.807) is 4.90 Å². The molecule has 3 rings (SSSR count). The van der Waals surface area contributed by atoms with E-state index in [9.17, 15) is 9.59 Å². The van der Waals surface area contributed by atoms with E-state index < -0.39 is 17.1 Å². The van der Waals surface area contributed by atoms with Gasteiger partial charge in [-0.05, 0) is 47.1 Å². The zero-order valence-corrected chi connectivity index (χ0v) is 19.4. The van der Waals surface area contributed by atoms with Gasteiger partial charge in [0.05, 0.1) is 11.4 Å². The molecule has 0 aliphatic carbocycles. The largest absolute Gasteiger partial charge is 0.350 e. The van der Waals surface area contributed by atoms with Crippen molar-refractivity contribution in [1.82, 2.24) is 5.32 Å².